The third-order valence-electron chi connectivity index (χ3n) is 5.09. The number of carbonyl (C=O) groups is 1. The van der Waals surface area contributed by atoms with Crippen LogP contribution in [0.15, 0.2) is 71.6 Å². The third kappa shape index (κ3) is 4.87. The largest absolute Gasteiger partial charge is 0.487 e. The van der Waals surface area contributed by atoms with Crippen LogP contribution >= 0.6 is 23.2 Å². The van der Waals surface area contributed by atoms with E-state index in [4.69, 9.17) is 27.9 Å². The van der Waals surface area contributed by atoms with Gasteiger partial charge in [0.05, 0.1) is 4.90 Å². The molecule has 1 aliphatic rings. The van der Waals surface area contributed by atoms with E-state index in [2.05, 4.69) is 4.72 Å². The number of rotatable bonds is 5. The zero-order valence-electron chi connectivity index (χ0n) is 16.6. The number of sulfonamides is 1. The van der Waals surface area contributed by atoms with Crippen LogP contribution in [0.4, 0.5) is 0 Å². The summed E-state index contributed by atoms with van der Waals surface area (Å²) < 4.78 is 33.2. The molecule has 31 heavy (non-hydrogen) atoms. The van der Waals surface area contributed by atoms with Crippen molar-refractivity contribution in [3.63, 3.8) is 0 Å². The molecule has 0 radical (unpaired) electrons. The summed E-state index contributed by atoms with van der Waals surface area (Å²) in [5.74, 6) is -0.0161. The van der Waals surface area contributed by atoms with E-state index in [-0.39, 0.29) is 10.5 Å². The molecule has 5 nitrogen and oxygen atoms in total. The van der Waals surface area contributed by atoms with Gasteiger partial charge in [0.15, 0.2) is 0 Å². The van der Waals surface area contributed by atoms with Gasteiger partial charge >= 0.3 is 0 Å². The van der Waals surface area contributed by atoms with Gasteiger partial charge in [0.25, 0.3) is 15.9 Å². The minimum atomic E-state index is -4.01. The third-order valence-corrected chi connectivity index (χ3v) is 6.94. The molecule has 1 atom stereocenters. The molecule has 0 saturated heterocycles. The van der Waals surface area contributed by atoms with Crippen molar-refractivity contribution in [2.45, 2.75) is 30.3 Å². The molecule has 0 saturated carbocycles. The van der Waals surface area contributed by atoms with Crippen LogP contribution in [0, 0.1) is 0 Å². The normalized spacial score (nSPS) is 17.6. The highest BCUT2D eigenvalue weighted by Gasteiger charge is 2.35. The molecule has 1 N–H and O–H groups in total. The standard InChI is InChI=1S/C23H19Cl2NO4S/c1-23(13-15-2-5-18(24)6-3-15)14-17-12-16(4-11-21(17)30-23)22(27)26-31(28,29)20-9-7-19(25)8-10-20/h2-12H,13-14H2,1H3,(H,26,27)/t23-/m0/s1. The maximum atomic E-state index is 12.6. The fourth-order valence-electron chi connectivity index (χ4n) is 3.65. The predicted molar refractivity (Wildman–Crippen MR) is 120 cm³/mol. The molecule has 0 unspecified atom stereocenters. The Bertz CT molecular complexity index is 1240. The van der Waals surface area contributed by atoms with Crippen molar-refractivity contribution in [1.29, 1.82) is 0 Å². The molecule has 0 fully saturated rings. The minimum absolute atomic E-state index is 0.0368. The quantitative estimate of drug-likeness (QED) is 0.560. The summed E-state index contributed by atoms with van der Waals surface area (Å²) in [4.78, 5) is 12.6. The Hall–Kier alpha value is -2.54. The molecule has 1 amide bonds. The van der Waals surface area contributed by atoms with Crippen molar-refractivity contribution in [3.05, 3.63) is 93.5 Å². The van der Waals surface area contributed by atoms with E-state index in [1.165, 1.54) is 24.3 Å². The molecular formula is C23H19Cl2NO4S. The Morgan fingerprint density at radius 3 is 2.26 bits per heavy atom. The number of hydrogen-bond acceptors (Lipinski definition) is 4. The molecule has 0 bridgehead atoms. The number of halogens is 2. The van der Waals surface area contributed by atoms with Gasteiger partial charge in [-0.1, -0.05) is 35.3 Å². The molecule has 8 heteroatoms. The van der Waals surface area contributed by atoms with Gasteiger partial charge in [-0.25, -0.2) is 13.1 Å². The Morgan fingerprint density at radius 2 is 1.61 bits per heavy atom. The first-order valence-corrected chi connectivity index (χ1v) is 11.8. The van der Waals surface area contributed by atoms with E-state index in [1.807, 2.05) is 31.2 Å². The van der Waals surface area contributed by atoms with Crippen molar-refractivity contribution in [2.24, 2.45) is 0 Å². The van der Waals surface area contributed by atoms with E-state index < -0.39 is 21.5 Å². The molecule has 4 rings (SSSR count). The molecule has 3 aromatic rings. The highest BCUT2D eigenvalue weighted by atomic mass is 35.5. The zero-order chi connectivity index (χ0) is 22.2. The lowest BCUT2D eigenvalue weighted by Crippen LogP contribution is -2.32. The number of hydrogen-bond donors (Lipinski definition) is 1. The van der Waals surface area contributed by atoms with E-state index in [0.29, 0.717) is 28.6 Å². The van der Waals surface area contributed by atoms with Crippen molar-refractivity contribution in [2.75, 3.05) is 0 Å². The lowest BCUT2D eigenvalue weighted by atomic mass is 9.91. The number of nitrogens with one attached hydrogen (secondary N) is 1. The second-order valence-electron chi connectivity index (χ2n) is 7.74. The topological polar surface area (TPSA) is 72.5 Å². The van der Waals surface area contributed by atoms with Gasteiger partial charge in [-0.05, 0) is 72.6 Å². The van der Waals surface area contributed by atoms with Crippen LogP contribution in [0.1, 0.15) is 28.4 Å². The van der Waals surface area contributed by atoms with Gasteiger partial charge in [0.2, 0.25) is 0 Å². The molecule has 3 aromatic carbocycles. The maximum absolute atomic E-state index is 12.6. The summed E-state index contributed by atoms with van der Waals surface area (Å²) in [6.45, 7) is 2.01. The van der Waals surface area contributed by atoms with E-state index >= 15 is 0 Å². The molecule has 160 valence electrons. The fraction of sp³-hybridized carbons (Fsp3) is 0.174. The number of carbonyl (C=O) groups excluding carboxylic acids is 1. The highest BCUT2D eigenvalue weighted by Crippen LogP contribution is 2.37. The molecular weight excluding hydrogens is 457 g/mol. The highest BCUT2D eigenvalue weighted by molar-refractivity contribution is 7.90. The summed E-state index contributed by atoms with van der Waals surface area (Å²) in [5, 5.41) is 1.08. The number of benzene rings is 3. The molecule has 0 aliphatic carbocycles. The van der Waals surface area contributed by atoms with E-state index in [1.54, 1.807) is 18.2 Å². The number of amides is 1. The Morgan fingerprint density at radius 1 is 1.00 bits per heavy atom. The van der Waals surface area contributed by atoms with Crippen LogP contribution in [0.25, 0.3) is 0 Å². The van der Waals surface area contributed by atoms with Crippen LogP contribution in [0.2, 0.25) is 10.0 Å². The smallest absolute Gasteiger partial charge is 0.265 e. The first kappa shape index (κ1) is 21.7. The average Bonchev–Trinajstić information content (AvgIpc) is 3.04. The second kappa shape index (κ2) is 8.19. The van der Waals surface area contributed by atoms with Crippen molar-refractivity contribution < 1.29 is 17.9 Å². The van der Waals surface area contributed by atoms with Crippen LogP contribution in [-0.2, 0) is 22.9 Å². The second-order valence-corrected chi connectivity index (χ2v) is 10.3. The first-order valence-electron chi connectivity index (χ1n) is 9.53. The van der Waals surface area contributed by atoms with E-state index in [0.717, 1.165) is 11.1 Å². The van der Waals surface area contributed by atoms with Gasteiger partial charge in [0.1, 0.15) is 11.4 Å². The molecule has 0 aromatic heterocycles. The summed E-state index contributed by atoms with van der Waals surface area (Å²) in [6.07, 6.45) is 1.27. The van der Waals surface area contributed by atoms with Gasteiger partial charge < -0.3 is 4.74 Å². The first-order chi connectivity index (χ1) is 14.6. The minimum Gasteiger partial charge on any atom is -0.487 e. The number of ether oxygens (including phenoxy) is 1. The van der Waals surface area contributed by atoms with Gasteiger partial charge in [0, 0.05) is 28.5 Å². The summed E-state index contributed by atoms with van der Waals surface area (Å²) in [7, 11) is -4.01. The Balaban J connectivity index is 1.49. The fourth-order valence-corrected chi connectivity index (χ4v) is 4.88. The van der Waals surface area contributed by atoms with Crippen LogP contribution < -0.4 is 9.46 Å². The van der Waals surface area contributed by atoms with Crippen molar-refractivity contribution in [1.82, 2.24) is 4.72 Å². The SMILES string of the molecule is C[C@]1(Cc2ccc(Cl)cc2)Cc2cc(C(=O)NS(=O)(=O)c3ccc(Cl)cc3)ccc2O1. The van der Waals surface area contributed by atoms with Crippen molar-refractivity contribution in [3.8, 4) is 5.75 Å². The van der Waals surface area contributed by atoms with Gasteiger partial charge in [-0.2, -0.15) is 0 Å². The van der Waals surface area contributed by atoms with Crippen LogP contribution in [0.3, 0.4) is 0 Å². The van der Waals surface area contributed by atoms with Gasteiger partial charge in [-0.3, -0.25) is 4.79 Å². The lowest BCUT2D eigenvalue weighted by Gasteiger charge is -2.24. The average molecular weight is 476 g/mol. The monoisotopic (exact) mass is 475 g/mol. The summed E-state index contributed by atoms with van der Waals surface area (Å²) in [6, 6.07) is 18.1. The number of fused-ring (bicyclic) bond motifs is 1. The van der Waals surface area contributed by atoms with E-state index in [9.17, 15) is 13.2 Å². The predicted octanol–water partition coefficient (Wildman–Crippen LogP) is 5.05. The zero-order valence-corrected chi connectivity index (χ0v) is 18.9. The lowest BCUT2D eigenvalue weighted by molar-refractivity contribution is 0.0981. The summed E-state index contributed by atoms with van der Waals surface area (Å²) in [5.41, 5.74) is 1.72. The van der Waals surface area contributed by atoms with Crippen molar-refractivity contribution >= 4 is 39.1 Å². The Kier molecular flexibility index (Phi) is 5.73. The maximum Gasteiger partial charge on any atom is 0.265 e. The van der Waals surface area contributed by atoms with Gasteiger partial charge in [-0.15, -0.1) is 0 Å². The molecule has 1 aliphatic heterocycles. The Labute approximate surface area is 191 Å². The van der Waals surface area contributed by atoms with Crippen LogP contribution in [-0.4, -0.2) is 19.9 Å². The molecule has 1 heterocycles. The molecule has 0 spiro atoms. The summed E-state index contributed by atoms with van der Waals surface area (Å²) >= 11 is 11.8. The van der Waals surface area contributed by atoms with Crippen LogP contribution in [0.5, 0.6) is 5.75 Å².